The van der Waals surface area contributed by atoms with Crippen LogP contribution in [0.25, 0.3) is 90.9 Å². The number of H-pyrrole nitrogens is 2. The number of nitrogen functional groups attached to an aromatic ring is 3. The molecule has 0 spiro atoms. The molecule has 0 atom stereocenters. The van der Waals surface area contributed by atoms with Gasteiger partial charge in [0.1, 0.15) is 0 Å². The molecule has 0 unspecified atom stereocenters. The molecule has 7 aromatic rings. The molecule has 52 heavy (non-hydrogen) atoms. The molecule has 4 aromatic carbocycles. The van der Waals surface area contributed by atoms with Gasteiger partial charge in [-0.2, -0.15) is 0 Å². The number of anilines is 3. The predicted octanol–water partition coefficient (Wildman–Crippen LogP) is 10.1. The standard InChI is InChI=1S/C44H33N7.Zn/c45-30-12-6-27(7-13-30)42-35-20-18-33(48-35)41(26-4-2-1-3-5-26)34-19-21-36(49-34)43(28-8-14-31(46)15-9-28)38-23-25-40(51-38)44(39-24-22-37(42)50-39)29-10-16-32(47)17-11-29;/h1-25,48,51H,45-47H2;. The molecule has 8 bridgehead atoms. The minimum atomic E-state index is 0. The van der Waals surface area contributed by atoms with Gasteiger partial charge in [0.05, 0.1) is 22.8 Å². The van der Waals surface area contributed by atoms with Gasteiger partial charge in [0.25, 0.3) is 0 Å². The molecule has 0 amide bonds. The second-order valence-corrected chi connectivity index (χ2v) is 12.7. The monoisotopic (exact) mass is 723 g/mol. The number of benzene rings is 4. The van der Waals surface area contributed by atoms with Crippen LogP contribution < -0.4 is 17.2 Å². The van der Waals surface area contributed by atoms with Gasteiger partial charge in [0, 0.05) is 80.9 Å². The largest absolute Gasteiger partial charge is 0.399 e. The zero-order valence-electron chi connectivity index (χ0n) is 28.3. The Hall–Kier alpha value is -6.50. The summed E-state index contributed by atoms with van der Waals surface area (Å²) in [6.45, 7) is 0. The van der Waals surface area contributed by atoms with Crippen LogP contribution in [0.15, 0.2) is 127 Å². The van der Waals surface area contributed by atoms with Crippen molar-refractivity contribution in [1.82, 2.24) is 19.9 Å². The van der Waals surface area contributed by atoms with Crippen molar-refractivity contribution in [3.63, 3.8) is 0 Å². The summed E-state index contributed by atoms with van der Waals surface area (Å²) in [4.78, 5) is 18.2. The summed E-state index contributed by atoms with van der Waals surface area (Å²) in [6, 6.07) is 42.6. The first-order valence-corrected chi connectivity index (χ1v) is 16.8. The summed E-state index contributed by atoms with van der Waals surface area (Å²) in [5, 5.41) is 0. The number of rotatable bonds is 4. The van der Waals surface area contributed by atoms with Crippen molar-refractivity contribution in [3.05, 3.63) is 150 Å². The van der Waals surface area contributed by atoms with Crippen LogP contribution in [0.4, 0.5) is 17.1 Å². The van der Waals surface area contributed by atoms with Crippen molar-refractivity contribution in [2.75, 3.05) is 17.2 Å². The van der Waals surface area contributed by atoms with Gasteiger partial charge in [-0.1, -0.05) is 66.7 Å². The van der Waals surface area contributed by atoms with E-state index in [1.807, 2.05) is 78.9 Å². The molecule has 5 heterocycles. The van der Waals surface area contributed by atoms with Crippen molar-refractivity contribution in [3.8, 4) is 44.5 Å². The number of nitrogens with zero attached hydrogens (tertiary/aromatic N) is 2. The Labute approximate surface area is 313 Å². The topological polar surface area (TPSA) is 135 Å². The molecule has 0 saturated heterocycles. The summed E-state index contributed by atoms with van der Waals surface area (Å²) in [6.07, 6.45) is 8.35. The summed E-state index contributed by atoms with van der Waals surface area (Å²) in [5.74, 6) is 0. The molecule has 0 fully saturated rings. The van der Waals surface area contributed by atoms with Crippen molar-refractivity contribution in [2.45, 2.75) is 0 Å². The molecule has 246 valence electrons. The molecule has 0 radical (unpaired) electrons. The Balaban J connectivity index is 0.00000387. The second-order valence-electron chi connectivity index (χ2n) is 12.7. The molecule has 2 aliphatic heterocycles. The van der Waals surface area contributed by atoms with E-state index in [1.165, 1.54) is 0 Å². The fourth-order valence-electron chi connectivity index (χ4n) is 6.97. The minimum Gasteiger partial charge on any atom is -0.399 e. The first-order valence-electron chi connectivity index (χ1n) is 16.8. The Kier molecular flexibility index (Phi) is 8.38. The Bertz CT molecular complexity index is 2640. The maximum Gasteiger partial charge on any atom is 0.0737 e. The maximum atomic E-state index is 6.14. The van der Waals surface area contributed by atoms with E-state index in [0.29, 0.717) is 17.1 Å². The first kappa shape index (κ1) is 32.7. The third-order valence-electron chi connectivity index (χ3n) is 9.41. The smallest absolute Gasteiger partial charge is 0.0737 e. The van der Waals surface area contributed by atoms with E-state index in [-0.39, 0.29) is 19.5 Å². The number of aromatic nitrogens is 4. The number of nitrogens with one attached hydrogen (secondary N) is 2. The van der Waals surface area contributed by atoms with Gasteiger partial charge in [-0.05, 0) is 107 Å². The molecule has 7 nitrogen and oxygen atoms in total. The summed E-state index contributed by atoms with van der Waals surface area (Å²) < 4.78 is 0. The van der Waals surface area contributed by atoms with E-state index in [9.17, 15) is 0 Å². The van der Waals surface area contributed by atoms with Gasteiger partial charge in [0.15, 0.2) is 0 Å². The maximum absolute atomic E-state index is 6.14. The van der Waals surface area contributed by atoms with Crippen molar-refractivity contribution in [2.24, 2.45) is 0 Å². The molecule has 8 N–H and O–H groups in total. The van der Waals surface area contributed by atoms with Gasteiger partial charge in [0.2, 0.25) is 0 Å². The summed E-state index contributed by atoms with van der Waals surface area (Å²) >= 11 is 0. The molecule has 0 aliphatic carbocycles. The zero-order valence-corrected chi connectivity index (χ0v) is 31.2. The SMILES string of the molecule is Nc1ccc(-c2c3nc(c(-c4ccc(N)cc4)c4ccc([nH]4)c(-c4ccc(N)cc4)c4nc(c(-c5ccccc5)c5ccc2[nH]5)C=C4)C=C3)cc1.[Zn]. The van der Waals surface area contributed by atoms with Gasteiger partial charge in [-0.25, -0.2) is 9.97 Å². The van der Waals surface area contributed by atoms with Crippen LogP contribution in [-0.4, -0.2) is 19.9 Å². The van der Waals surface area contributed by atoms with E-state index in [4.69, 9.17) is 27.2 Å². The number of aromatic amines is 2. The van der Waals surface area contributed by atoms with Crippen LogP contribution in [-0.2, 0) is 19.5 Å². The molecular formula is C44H33N7Zn. The average Bonchev–Trinajstić information content (AvgIpc) is 3.99. The molecule has 3 aromatic heterocycles. The van der Waals surface area contributed by atoms with E-state index in [1.54, 1.807) is 0 Å². The molecule has 2 aliphatic rings. The normalized spacial score (nSPS) is 11.8. The zero-order chi connectivity index (χ0) is 34.5. The predicted molar refractivity (Wildman–Crippen MR) is 214 cm³/mol. The fraction of sp³-hybridized carbons (Fsp3) is 0. The number of fused-ring (bicyclic) bond motifs is 8. The number of nitrogens with two attached hydrogens (primary N) is 3. The van der Waals surface area contributed by atoms with E-state index < -0.39 is 0 Å². The number of hydrogen-bond donors (Lipinski definition) is 5. The summed E-state index contributed by atoms with van der Waals surface area (Å²) in [5.41, 5.74) is 35.5. The Morgan fingerprint density at radius 1 is 0.327 bits per heavy atom. The quantitative estimate of drug-likeness (QED) is 0.0909. The number of hydrogen-bond acceptors (Lipinski definition) is 5. The third-order valence-corrected chi connectivity index (χ3v) is 9.41. The van der Waals surface area contributed by atoms with Gasteiger partial charge in [-0.3, -0.25) is 0 Å². The van der Waals surface area contributed by atoms with Crippen LogP contribution >= 0.6 is 0 Å². The van der Waals surface area contributed by atoms with E-state index in [2.05, 4.69) is 82.8 Å². The molecule has 9 rings (SSSR count). The first-order chi connectivity index (χ1) is 25.0. The molecule has 8 heteroatoms. The average molecular weight is 725 g/mol. The van der Waals surface area contributed by atoms with Crippen LogP contribution in [0.5, 0.6) is 0 Å². The van der Waals surface area contributed by atoms with Crippen LogP contribution in [0.1, 0.15) is 22.8 Å². The van der Waals surface area contributed by atoms with Crippen LogP contribution in [0.2, 0.25) is 0 Å². The Morgan fingerprint density at radius 3 is 0.885 bits per heavy atom. The molecular weight excluding hydrogens is 692 g/mol. The van der Waals surface area contributed by atoms with E-state index in [0.717, 1.165) is 89.4 Å². The van der Waals surface area contributed by atoms with Crippen molar-refractivity contribution >= 4 is 63.4 Å². The van der Waals surface area contributed by atoms with Crippen LogP contribution in [0.3, 0.4) is 0 Å². The van der Waals surface area contributed by atoms with Crippen LogP contribution in [0, 0.1) is 0 Å². The minimum absolute atomic E-state index is 0. The molecule has 0 saturated carbocycles. The van der Waals surface area contributed by atoms with E-state index >= 15 is 0 Å². The van der Waals surface area contributed by atoms with Gasteiger partial charge in [-0.15, -0.1) is 0 Å². The van der Waals surface area contributed by atoms with Gasteiger partial charge >= 0.3 is 0 Å². The van der Waals surface area contributed by atoms with Crippen molar-refractivity contribution < 1.29 is 19.5 Å². The van der Waals surface area contributed by atoms with Crippen molar-refractivity contribution in [1.29, 1.82) is 0 Å². The second kappa shape index (κ2) is 13.3. The third kappa shape index (κ3) is 5.89. The Morgan fingerprint density at radius 2 is 0.596 bits per heavy atom. The fourth-order valence-corrected chi connectivity index (χ4v) is 6.97. The summed E-state index contributed by atoms with van der Waals surface area (Å²) in [7, 11) is 0. The van der Waals surface area contributed by atoms with Gasteiger partial charge < -0.3 is 27.2 Å².